The zero-order valence-corrected chi connectivity index (χ0v) is 11.8. The summed E-state index contributed by atoms with van der Waals surface area (Å²) in [5, 5.41) is 4.19. The molecule has 88 valence electrons. The first-order valence-corrected chi connectivity index (χ1v) is 7.00. The second kappa shape index (κ2) is 5.52. The zero-order chi connectivity index (χ0) is 11.5. The fourth-order valence-corrected chi connectivity index (χ4v) is 2.65. The van der Waals surface area contributed by atoms with E-state index >= 15 is 0 Å². The summed E-state index contributed by atoms with van der Waals surface area (Å²) in [6, 6.07) is 6.68. The summed E-state index contributed by atoms with van der Waals surface area (Å²) in [5.41, 5.74) is 1.29. The van der Waals surface area contributed by atoms with Gasteiger partial charge in [0.15, 0.2) is 0 Å². The van der Waals surface area contributed by atoms with E-state index < -0.39 is 0 Å². The standard InChI is InChI=1S/C13H17BrClN/c1-16-13(7-9-3-2-4-9)10-5-6-11(14)12(15)8-10/h5-6,8-9,13,16H,2-4,7H2,1H3. The highest BCUT2D eigenvalue weighted by molar-refractivity contribution is 9.10. The Balaban J connectivity index is 2.09. The third-order valence-corrected chi connectivity index (χ3v) is 4.72. The Hall–Kier alpha value is -0.0500. The number of hydrogen-bond acceptors (Lipinski definition) is 1. The van der Waals surface area contributed by atoms with Gasteiger partial charge in [0.1, 0.15) is 0 Å². The topological polar surface area (TPSA) is 12.0 Å². The second-order valence-corrected chi connectivity index (χ2v) is 5.81. The van der Waals surface area contributed by atoms with Crippen molar-refractivity contribution in [3.63, 3.8) is 0 Å². The lowest BCUT2D eigenvalue weighted by Crippen LogP contribution is -2.23. The van der Waals surface area contributed by atoms with Crippen molar-refractivity contribution in [2.75, 3.05) is 7.05 Å². The van der Waals surface area contributed by atoms with Gasteiger partial charge in [-0.1, -0.05) is 36.9 Å². The third kappa shape index (κ3) is 2.79. The molecule has 1 nitrogen and oxygen atoms in total. The van der Waals surface area contributed by atoms with Crippen molar-refractivity contribution in [3.05, 3.63) is 33.3 Å². The van der Waals surface area contributed by atoms with Gasteiger partial charge in [-0.05, 0) is 53.0 Å². The van der Waals surface area contributed by atoms with Gasteiger partial charge in [0.05, 0.1) is 5.02 Å². The van der Waals surface area contributed by atoms with Crippen LogP contribution in [0.25, 0.3) is 0 Å². The smallest absolute Gasteiger partial charge is 0.0551 e. The van der Waals surface area contributed by atoms with E-state index in [4.69, 9.17) is 11.6 Å². The minimum absolute atomic E-state index is 0.441. The Morgan fingerprint density at radius 1 is 1.50 bits per heavy atom. The molecule has 0 bridgehead atoms. The van der Waals surface area contributed by atoms with Crippen LogP contribution in [0.4, 0.5) is 0 Å². The molecule has 3 heteroatoms. The maximum Gasteiger partial charge on any atom is 0.0551 e. The van der Waals surface area contributed by atoms with Crippen LogP contribution in [-0.2, 0) is 0 Å². The molecule has 16 heavy (non-hydrogen) atoms. The summed E-state index contributed by atoms with van der Waals surface area (Å²) >= 11 is 9.55. The van der Waals surface area contributed by atoms with Crippen LogP contribution >= 0.6 is 27.5 Å². The van der Waals surface area contributed by atoms with Crippen molar-refractivity contribution in [2.24, 2.45) is 5.92 Å². The first kappa shape index (κ1) is 12.4. The molecule has 0 aromatic heterocycles. The summed E-state index contributed by atoms with van der Waals surface area (Å²) in [6.07, 6.45) is 5.42. The Kier molecular flexibility index (Phi) is 4.28. The van der Waals surface area contributed by atoms with Gasteiger partial charge >= 0.3 is 0 Å². The highest BCUT2D eigenvalue weighted by Crippen LogP contribution is 2.35. The average molecular weight is 303 g/mol. The Bertz CT molecular complexity index is 363. The van der Waals surface area contributed by atoms with E-state index in [1.165, 1.54) is 31.2 Å². The van der Waals surface area contributed by atoms with Gasteiger partial charge in [0.2, 0.25) is 0 Å². The third-order valence-electron chi connectivity index (χ3n) is 3.49. The van der Waals surface area contributed by atoms with Crippen LogP contribution in [0.1, 0.15) is 37.3 Å². The highest BCUT2D eigenvalue weighted by Gasteiger charge is 2.22. The molecule has 1 aliphatic rings. The van der Waals surface area contributed by atoms with Crippen LogP contribution in [0.3, 0.4) is 0 Å². The predicted octanol–water partition coefficient (Wildman–Crippen LogP) is 4.55. The van der Waals surface area contributed by atoms with Gasteiger partial charge in [-0.2, -0.15) is 0 Å². The number of hydrogen-bond donors (Lipinski definition) is 1. The van der Waals surface area contributed by atoms with E-state index in [1.54, 1.807) is 0 Å². The molecule has 0 radical (unpaired) electrons. The minimum atomic E-state index is 0.441. The van der Waals surface area contributed by atoms with Crippen molar-refractivity contribution in [2.45, 2.75) is 31.7 Å². The van der Waals surface area contributed by atoms with Crippen molar-refractivity contribution < 1.29 is 0 Å². The van der Waals surface area contributed by atoms with E-state index in [0.29, 0.717) is 6.04 Å². The molecular formula is C13H17BrClN. The molecule has 2 rings (SSSR count). The average Bonchev–Trinajstić information content (AvgIpc) is 2.21. The lowest BCUT2D eigenvalue weighted by molar-refractivity contribution is 0.265. The van der Waals surface area contributed by atoms with Gasteiger partial charge in [0.25, 0.3) is 0 Å². The second-order valence-electron chi connectivity index (χ2n) is 4.55. The summed E-state index contributed by atoms with van der Waals surface area (Å²) in [7, 11) is 2.03. The Morgan fingerprint density at radius 3 is 2.75 bits per heavy atom. The molecule has 1 saturated carbocycles. The zero-order valence-electron chi connectivity index (χ0n) is 9.47. The number of benzene rings is 1. The summed E-state index contributed by atoms with van der Waals surface area (Å²) < 4.78 is 0.969. The van der Waals surface area contributed by atoms with Gasteiger partial charge < -0.3 is 5.32 Å². The molecule has 0 aliphatic heterocycles. The van der Waals surface area contributed by atoms with Crippen LogP contribution in [0, 0.1) is 5.92 Å². The fourth-order valence-electron chi connectivity index (χ4n) is 2.21. The molecular weight excluding hydrogens is 286 g/mol. The van der Waals surface area contributed by atoms with Crippen LogP contribution < -0.4 is 5.32 Å². The molecule has 1 aromatic carbocycles. The van der Waals surface area contributed by atoms with Crippen molar-refractivity contribution in [1.82, 2.24) is 5.32 Å². The Labute approximate surface area is 111 Å². The normalized spacial score (nSPS) is 18.2. The van der Waals surface area contributed by atoms with Gasteiger partial charge in [-0.15, -0.1) is 0 Å². The molecule has 1 N–H and O–H groups in total. The first-order valence-electron chi connectivity index (χ1n) is 5.83. The highest BCUT2D eigenvalue weighted by atomic mass is 79.9. The van der Waals surface area contributed by atoms with Gasteiger partial charge in [0, 0.05) is 10.5 Å². The first-order chi connectivity index (χ1) is 7.70. The van der Waals surface area contributed by atoms with Crippen LogP contribution in [0.15, 0.2) is 22.7 Å². The summed E-state index contributed by atoms with van der Waals surface area (Å²) in [5.74, 6) is 0.903. The number of halogens is 2. The number of rotatable bonds is 4. The van der Waals surface area contributed by atoms with Gasteiger partial charge in [-0.25, -0.2) is 0 Å². The van der Waals surface area contributed by atoms with E-state index in [1.807, 2.05) is 13.1 Å². The number of nitrogens with one attached hydrogen (secondary N) is 1. The van der Waals surface area contributed by atoms with Crippen molar-refractivity contribution in [1.29, 1.82) is 0 Å². The molecule has 0 saturated heterocycles. The summed E-state index contributed by atoms with van der Waals surface area (Å²) in [4.78, 5) is 0. The lowest BCUT2D eigenvalue weighted by Gasteiger charge is -2.29. The van der Waals surface area contributed by atoms with E-state index in [2.05, 4.69) is 33.4 Å². The largest absolute Gasteiger partial charge is 0.313 e. The molecule has 1 aromatic rings. The Morgan fingerprint density at radius 2 is 2.25 bits per heavy atom. The minimum Gasteiger partial charge on any atom is -0.313 e. The van der Waals surface area contributed by atoms with Crippen LogP contribution in [0.2, 0.25) is 5.02 Å². The molecule has 0 heterocycles. The quantitative estimate of drug-likeness (QED) is 0.860. The maximum absolute atomic E-state index is 6.12. The van der Waals surface area contributed by atoms with E-state index in [-0.39, 0.29) is 0 Å². The van der Waals surface area contributed by atoms with E-state index in [9.17, 15) is 0 Å². The van der Waals surface area contributed by atoms with Crippen LogP contribution in [0.5, 0.6) is 0 Å². The molecule has 1 atom stereocenters. The molecule has 0 amide bonds. The van der Waals surface area contributed by atoms with Gasteiger partial charge in [-0.3, -0.25) is 0 Å². The maximum atomic E-state index is 6.12. The molecule has 1 aliphatic carbocycles. The SMILES string of the molecule is CNC(CC1CCC1)c1ccc(Br)c(Cl)c1. The van der Waals surface area contributed by atoms with Crippen LogP contribution in [-0.4, -0.2) is 7.05 Å². The van der Waals surface area contributed by atoms with Crippen molar-refractivity contribution >= 4 is 27.5 Å². The molecule has 1 fully saturated rings. The lowest BCUT2D eigenvalue weighted by atomic mass is 9.79. The summed E-state index contributed by atoms with van der Waals surface area (Å²) in [6.45, 7) is 0. The fraction of sp³-hybridized carbons (Fsp3) is 0.538. The molecule has 0 spiro atoms. The molecule has 1 unspecified atom stereocenters. The van der Waals surface area contributed by atoms with E-state index in [0.717, 1.165) is 15.4 Å². The monoisotopic (exact) mass is 301 g/mol. The predicted molar refractivity (Wildman–Crippen MR) is 72.9 cm³/mol. The van der Waals surface area contributed by atoms with Crippen molar-refractivity contribution in [3.8, 4) is 0 Å².